The molecule has 7 nitrogen and oxygen atoms in total. The van der Waals surface area contributed by atoms with Crippen molar-refractivity contribution in [1.82, 2.24) is 25.5 Å². The maximum Gasteiger partial charge on any atom is 0.224 e. The van der Waals surface area contributed by atoms with Gasteiger partial charge in [0.25, 0.3) is 0 Å². The molecule has 2 aromatic rings. The number of amides is 1. The summed E-state index contributed by atoms with van der Waals surface area (Å²) in [5, 5.41) is 17.3. The molecule has 2 N–H and O–H groups in total. The van der Waals surface area contributed by atoms with Crippen LogP contribution in [0.4, 0.5) is 10.1 Å². The molecule has 2 heterocycles. The highest BCUT2D eigenvalue weighted by Crippen LogP contribution is 2.24. The number of tetrazole rings is 1. The van der Waals surface area contributed by atoms with Crippen molar-refractivity contribution in [3.8, 4) is 5.69 Å². The van der Waals surface area contributed by atoms with E-state index in [1.165, 1.54) is 10.7 Å². The van der Waals surface area contributed by atoms with Crippen LogP contribution in [0.15, 0.2) is 18.2 Å². The Morgan fingerprint density at radius 3 is 2.96 bits per heavy atom. The molecular formula is C17H24ClFN6O. The Morgan fingerprint density at radius 2 is 2.31 bits per heavy atom. The van der Waals surface area contributed by atoms with Gasteiger partial charge in [-0.05, 0) is 73.3 Å². The third kappa shape index (κ3) is 4.76. The third-order valence-corrected chi connectivity index (χ3v) is 4.73. The Morgan fingerprint density at radius 1 is 1.50 bits per heavy atom. The predicted octanol–water partition coefficient (Wildman–Crippen LogP) is 2.50. The van der Waals surface area contributed by atoms with Gasteiger partial charge in [-0.25, -0.2) is 4.39 Å². The molecule has 9 heteroatoms. The molecule has 0 aliphatic carbocycles. The number of piperidine rings is 1. The molecule has 1 amide bonds. The number of halogens is 2. The minimum Gasteiger partial charge on any atom is -0.326 e. The van der Waals surface area contributed by atoms with Crippen molar-refractivity contribution < 1.29 is 9.18 Å². The fraction of sp³-hybridized carbons (Fsp3) is 0.529. The topological polar surface area (TPSA) is 84.7 Å². The van der Waals surface area contributed by atoms with E-state index < -0.39 is 5.82 Å². The summed E-state index contributed by atoms with van der Waals surface area (Å²) in [7, 11) is 0. The molecular weight excluding hydrogens is 359 g/mol. The minimum absolute atomic E-state index is 0. The van der Waals surface area contributed by atoms with Gasteiger partial charge in [0.05, 0.1) is 0 Å². The summed E-state index contributed by atoms with van der Waals surface area (Å²) in [5.41, 5.74) is 0.745. The van der Waals surface area contributed by atoms with Crippen LogP contribution in [0.2, 0.25) is 0 Å². The van der Waals surface area contributed by atoms with Crippen molar-refractivity contribution in [2.75, 3.05) is 18.4 Å². The van der Waals surface area contributed by atoms with E-state index in [-0.39, 0.29) is 24.0 Å². The summed E-state index contributed by atoms with van der Waals surface area (Å²) in [6.07, 6.45) is 2.76. The number of hydrogen-bond donors (Lipinski definition) is 2. The van der Waals surface area contributed by atoms with E-state index in [9.17, 15) is 9.18 Å². The van der Waals surface area contributed by atoms with Gasteiger partial charge in [0.1, 0.15) is 11.5 Å². The molecule has 0 radical (unpaired) electrons. The van der Waals surface area contributed by atoms with Crippen LogP contribution in [-0.2, 0) is 4.79 Å². The number of nitrogens with zero attached hydrogens (tertiary/aromatic N) is 4. The first-order valence-electron chi connectivity index (χ1n) is 8.60. The summed E-state index contributed by atoms with van der Waals surface area (Å²) >= 11 is 0. The number of nitrogens with one attached hydrogen (secondary N) is 2. The van der Waals surface area contributed by atoms with Gasteiger partial charge in [0, 0.05) is 12.1 Å². The van der Waals surface area contributed by atoms with E-state index in [0.29, 0.717) is 29.8 Å². The van der Waals surface area contributed by atoms with Gasteiger partial charge >= 0.3 is 0 Å². The lowest BCUT2D eigenvalue weighted by atomic mass is 9.85. The van der Waals surface area contributed by atoms with Gasteiger partial charge in [0.15, 0.2) is 5.82 Å². The zero-order chi connectivity index (χ0) is 17.8. The lowest BCUT2D eigenvalue weighted by molar-refractivity contribution is -0.117. The van der Waals surface area contributed by atoms with Crippen molar-refractivity contribution in [3.63, 3.8) is 0 Å². The number of rotatable bonds is 5. The van der Waals surface area contributed by atoms with E-state index in [0.717, 1.165) is 25.9 Å². The molecule has 1 aromatic heterocycles. The van der Waals surface area contributed by atoms with E-state index in [1.807, 2.05) is 0 Å². The normalized spacial score (nSPS) is 18.0. The number of carbonyl (C=O) groups is 1. The molecule has 0 saturated carbocycles. The van der Waals surface area contributed by atoms with Crippen LogP contribution in [0.1, 0.15) is 32.0 Å². The Labute approximate surface area is 158 Å². The fourth-order valence-corrected chi connectivity index (χ4v) is 3.24. The number of aromatic nitrogens is 4. The molecule has 0 bridgehead atoms. The number of carbonyl (C=O) groups excluding carboxylic acids is 1. The van der Waals surface area contributed by atoms with Crippen LogP contribution >= 0.6 is 12.4 Å². The summed E-state index contributed by atoms with van der Waals surface area (Å²) < 4.78 is 15.4. The minimum atomic E-state index is -0.449. The quantitative estimate of drug-likeness (QED) is 0.829. The lowest BCUT2D eigenvalue weighted by Crippen LogP contribution is -2.34. The highest BCUT2D eigenvalue weighted by Gasteiger charge is 2.22. The number of aryl methyl sites for hydroxylation is 1. The summed E-state index contributed by atoms with van der Waals surface area (Å²) in [6, 6.07) is 4.40. The average molecular weight is 383 g/mol. The van der Waals surface area contributed by atoms with E-state index >= 15 is 0 Å². The van der Waals surface area contributed by atoms with Crippen LogP contribution < -0.4 is 10.6 Å². The zero-order valence-electron chi connectivity index (χ0n) is 14.9. The van der Waals surface area contributed by atoms with Crippen LogP contribution in [0, 0.1) is 24.6 Å². The highest BCUT2D eigenvalue weighted by molar-refractivity contribution is 5.91. The van der Waals surface area contributed by atoms with Gasteiger partial charge in [-0.3, -0.25) is 4.79 Å². The van der Waals surface area contributed by atoms with E-state index in [1.54, 1.807) is 19.1 Å². The Bertz CT molecular complexity index is 747. The first kappa shape index (κ1) is 20.3. The molecule has 1 saturated heterocycles. The highest BCUT2D eigenvalue weighted by atomic mass is 35.5. The van der Waals surface area contributed by atoms with Gasteiger partial charge < -0.3 is 10.6 Å². The van der Waals surface area contributed by atoms with Crippen LogP contribution in [0.3, 0.4) is 0 Å². The molecule has 1 aliphatic rings. The second kappa shape index (κ2) is 9.05. The summed E-state index contributed by atoms with van der Waals surface area (Å²) in [6.45, 7) is 5.82. The summed E-state index contributed by atoms with van der Waals surface area (Å²) in [5.74, 6) is 0.779. The van der Waals surface area contributed by atoms with Crippen molar-refractivity contribution in [3.05, 3.63) is 29.8 Å². The average Bonchev–Trinajstić information content (AvgIpc) is 3.03. The molecule has 1 aliphatic heterocycles. The second-order valence-electron chi connectivity index (χ2n) is 6.64. The molecule has 0 spiro atoms. The van der Waals surface area contributed by atoms with Crippen molar-refractivity contribution in [2.45, 2.75) is 33.1 Å². The number of hydrogen-bond acceptors (Lipinski definition) is 5. The molecule has 26 heavy (non-hydrogen) atoms. The van der Waals surface area contributed by atoms with Crippen LogP contribution in [0.5, 0.6) is 0 Å². The van der Waals surface area contributed by atoms with Gasteiger partial charge in [-0.1, -0.05) is 6.92 Å². The van der Waals surface area contributed by atoms with Crippen LogP contribution in [0.25, 0.3) is 5.69 Å². The molecule has 3 rings (SSSR count). The van der Waals surface area contributed by atoms with Crippen molar-refractivity contribution in [2.24, 2.45) is 11.8 Å². The van der Waals surface area contributed by atoms with E-state index in [4.69, 9.17) is 0 Å². The Balaban J connectivity index is 0.00000243. The first-order valence-corrected chi connectivity index (χ1v) is 8.60. The zero-order valence-corrected chi connectivity index (χ0v) is 15.7. The monoisotopic (exact) mass is 382 g/mol. The molecule has 1 aromatic carbocycles. The van der Waals surface area contributed by atoms with Gasteiger partial charge in [0.2, 0.25) is 5.91 Å². The maximum atomic E-state index is 14.1. The third-order valence-electron chi connectivity index (χ3n) is 4.73. The lowest BCUT2D eigenvalue weighted by Gasteiger charge is -2.28. The van der Waals surface area contributed by atoms with Crippen molar-refractivity contribution in [1.29, 1.82) is 0 Å². The number of anilines is 1. The predicted molar refractivity (Wildman–Crippen MR) is 99.1 cm³/mol. The second-order valence-corrected chi connectivity index (χ2v) is 6.64. The SMILES string of the molecule is Cc1nnnn1-c1cc(NC(=O)CC(C)C2CCCNC2)ccc1F.Cl. The standard InChI is InChI=1S/C17H23FN6O.ClH/c1-11(13-4-3-7-19-10-13)8-17(25)20-14-5-6-15(18)16(9-14)24-12(2)21-22-23-24;/h5-6,9,11,13,19H,3-4,7-8,10H2,1-2H3,(H,20,25);1H. The van der Waals surface area contributed by atoms with Crippen molar-refractivity contribution >= 4 is 24.0 Å². The Hall–Kier alpha value is -2.06. The molecule has 142 valence electrons. The molecule has 1 fully saturated rings. The van der Waals surface area contributed by atoms with Gasteiger partial charge in [-0.2, -0.15) is 4.68 Å². The first-order chi connectivity index (χ1) is 12.0. The molecule has 2 unspecified atom stereocenters. The van der Waals surface area contributed by atoms with Gasteiger partial charge in [-0.15, -0.1) is 17.5 Å². The molecule has 2 atom stereocenters. The summed E-state index contributed by atoms with van der Waals surface area (Å²) in [4.78, 5) is 12.3. The largest absolute Gasteiger partial charge is 0.326 e. The fourth-order valence-electron chi connectivity index (χ4n) is 3.24. The maximum absolute atomic E-state index is 14.1. The van der Waals surface area contributed by atoms with E-state index in [2.05, 4.69) is 33.1 Å². The number of benzene rings is 1. The van der Waals surface area contributed by atoms with Crippen LogP contribution in [-0.4, -0.2) is 39.2 Å². The smallest absolute Gasteiger partial charge is 0.224 e. The Kier molecular flexibility index (Phi) is 7.05.